The number of urea groups is 2. The smallest absolute Gasteiger partial charge is 0.322 e. The Morgan fingerprint density at radius 3 is 2.16 bits per heavy atom. The molecule has 0 saturated carbocycles. The predicted octanol–water partition coefficient (Wildman–Crippen LogP) is 1.57. The molecule has 1 aromatic rings. The number of carbonyl (C=O) groups excluding carboxylic acids is 2. The number of amides is 4. The molecular formula is C16H20F2N4O3. The second kappa shape index (κ2) is 7.64. The van der Waals surface area contributed by atoms with Crippen molar-refractivity contribution in [3.05, 3.63) is 29.8 Å². The Labute approximate surface area is 144 Å². The standard InChI is InChI=1S/C16H20F2N4O3/c17-12-1-2-14(13(18)11-12)19-15(23)20-3-5-21(6-4-20)16(24)22-7-9-25-10-8-22/h1-2,11H,3-10H2,(H,19,23). The molecule has 0 aromatic heterocycles. The Bertz CT molecular complexity index is 644. The number of anilines is 1. The highest BCUT2D eigenvalue weighted by atomic mass is 19.1. The highest BCUT2D eigenvalue weighted by Crippen LogP contribution is 2.16. The van der Waals surface area contributed by atoms with Crippen LogP contribution in [-0.4, -0.2) is 79.2 Å². The molecule has 1 aromatic carbocycles. The fraction of sp³-hybridized carbons (Fsp3) is 0.500. The van der Waals surface area contributed by atoms with E-state index in [1.54, 1.807) is 9.80 Å². The van der Waals surface area contributed by atoms with Crippen molar-refractivity contribution in [3.8, 4) is 0 Å². The Kier molecular flexibility index (Phi) is 5.32. The molecule has 2 fully saturated rings. The van der Waals surface area contributed by atoms with Gasteiger partial charge in [-0.3, -0.25) is 0 Å². The van der Waals surface area contributed by atoms with Crippen LogP contribution in [-0.2, 0) is 4.74 Å². The van der Waals surface area contributed by atoms with E-state index in [0.717, 1.165) is 6.07 Å². The van der Waals surface area contributed by atoms with Crippen LogP contribution in [0.5, 0.6) is 0 Å². The first-order valence-electron chi connectivity index (χ1n) is 8.17. The number of piperazine rings is 1. The molecule has 0 spiro atoms. The number of benzene rings is 1. The molecule has 1 N–H and O–H groups in total. The number of carbonyl (C=O) groups is 2. The lowest BCUT2D eigenvalue weighted by Crippen LogP contribution is -2.56. The maximum absolute atomic E-state index is 13.6. The summed E-state index contributed by atoms with van der Waals surface area (Å²) in [6.07, 6.45) is 0. The Balaban J connectivity index is 1.51. The van der Waals surface area contributed by atoms with Crippen LogP contribution >= 0.6 is 0 Å². The van der Waals surface area contributed by atoms with Gasteiger partial charge >= 0.3 is 12.1 Å². The van der Waals surface area contributed by atoms with Gasteiger partial charge in [-0.25, -0.2) is 18.4 Å². The molecule has 2 aliphatic rings. The van der Waals surface area contributed by atoms with Crippen LogP contribution in [0.3, 0.4) is 0 Å². The van der Waals surface area contributed by atoms with Crippen LogP contribution in [0.15, 0.2) is 18.2 Å². The molecule has 0 unspecified atom stereocenters. The number of ether oxygens (including phenoxy) is 1. The zero-order valence-electron chi connectivity index (χ0n) is 13.7. The number of hydrogen-bond donors (Lipinski definition) is 1. The lowest BCUT2D eigenvalue weighted by atomic mass is 10.3. The predicted molar refractivity (Wildman–Crippen MR) is 86.3 cm³/mol. The maximum atomic E-state index is 13.6. The van der Waals surface area contributed by atoms with E-state index in [1.807, 2.05) is 0 Å². The first-order chi connectivity index (χ1) is 12.0. The number of halogens is 2. The third kappa shape index (κ3) is 4.16. The number of morpholine rings is 1. The highest BCUT2D eigenvalue weighted by molar-refractivity contribution is 5.89. The summed E-state index contributed by atoms with van der Waals surface area (Å²) in [7, 11) is 0. The second-order valence-electron chi connectivity index (χ2n) is 5.91. The lowest BCUT2D eigenvalue weighted by Gasteiger charge is -2.38. The van der Waals surface area contributed by atoms with Crippen molar-refractivity contribution in [1.82, 2.24) is 14.7 Å². The van der Waals surface area contributed by atoms with E-state index in [0.29, 0.717) is 58.5 Å². The van der Waals surface area contributed by atoms with Crippen molar-refractivity contribution >= 4 is 17.7 Å². The summed E-state index contributed by atoms with van der Waals surface area (Å²) >= 11 is 0. The summed E-state index contributed by atoms with van der Waals surface area (Å²) < 4.78 is 31.7. The SMILES string of the molecule is O=C(Nc1ccc(F)cc1F)N1CCN(C(=O)N2CCOCC2)CC1. The average Bonchev–Trinajstić information content (AvgIpc) is 2.64. The minimum atomic E-state index is -0.825. The van der Waals surface area contributed by atoms with Crippen LogP contribution in [0.1, 0.15) is 0 Å². The van der Waals surface area contributed by atoms with Crippen molar-refractivity contribution in [2.75, 3.05) is 57.8 Å². The minimum absolute atomic E-state index is 0.0482. The number of hydrogen-bond acceptors (Lipinski definition) is 3. The maximum Gasteiger partial charge on any atom is 0.322 e. The van der Waals surface area contributed by atoms with Crippen LogP contribution in [0, 0.1) is 11.6 Å². The lowest BCUT2D eigenvalue weighted by molar-refractivity contribution is 0.0394. The summed E-state index contributed by atoms with van der Waals surface area (Å²) in [6.45, 7) is 3.75. The van der Waals surface area contributed by atoms with Crippen molar-refractivity contribution < 1.29 is 23.1 Å². The molecule has 3 rings (SSSR count). The average molecular weight is 354 g/mol. The molecule has 2 heterocycles. The van der Waals surface area contributed by atoms with Gasteiger partial charge in [0.2, 0.25) is 0 Å². The van der Waals surface area contributed by atoms with Gasteiger partial charge in [0.1, 0.15) is 11.6 Å². The molecular weight excluding hydrogens is 334 g/mol. The van der Waals surface area contributed by atoms with E-state index in [9.17, 15) is 18.4 Å². The van der Waals surface area contributed by atoms with Gasteiger partial charge in [0, 0.05) is 45.3 Å². The summed E-state index contributed by atoms with van der Waals surface area (Å²) in [5.74, 6) is -1.53. The van der Waals surface area contributed by atoms with Crippen LogP contribution in [0.25, 0.3) is 0 Å². The monoisotopic (exact) mass is 354 g/mol. The number of nitrogens with one attached hydrogen (secondary N) is 1. The third-order valence-corrected chi connectivity index (χ3v) is 4.29. The molecule has 0 bridgehead atoms. The topological polar surface area (TPSA) is 65.1 Å². The van der Waals surface area contributed by atoms with E-state index in [-0.39, 0.29) is 11.7 Å². The quantitative estimate of drug-likeness (QED) is 0.833. The fourth-order valence-corrected chi connectivity index (χ4v) is 2.84. The summed E-state index contributed by atoms with van der Waals surface area (Å²) in [5, 5.41) is 2.43. The first-order valence-corrected chi connectivity index (χ1v) is 8.17. The molecule has 4 amide bonds. The Morgan fingerprint density at radius 2 is 1.52 bits per heavy atom. The van der Waals surface area contributed by atoms with Gasteiger partial charge in [-0.15, -0.1) is 0 Å². The fourth-order valence-electron chi connectivity index (χ4n) is 2.84. The van der Waals surface area contributed by atoms with E-state index in [1.165, 1.54) is 11.0 Å². The third-order valence-electron chi connectivity index (χ3n) is 4.29. The first kappa shape index (κ1) is 17.4. The number of nitrogens with zero attached hydrogens (tertiary/aromatic N) is 3. The van der Waals surface area contributed by atoms with E-state index >= 15 is 0 Å². The van der Waals surface area contributed by atoms with Gasteiger partial charge in [-0.2, -0.15) is 0 Å². The van der Waals surface area contributed by atoms with E-state index < -0.39 is 17.7 Å². The molecule has 2 saturated heterocycles. The van der Waals surface area contributed by atoms with Crippen LogP contribution in [0.4, 0.5) is 24.1 Å². The Hall–Kier alpha value is -2.42. The Morgan fingerprint density at radius 1 is 0.920 bits per heavy atom. The molecule has 25 heavy (non-hydrogen) atoms. The molecule has 136 valence electrons. The van der Waals surface area contributed by atoms with Gasteiger partial charge in [0.05, 0.1) is 18.9 Å². The van der Waals surface area contributed by atoms with Gasteiger partial charge in [0.25, 0.3) is 0 Å². The van der Waals surface area contributed by atoms with Crippen molar-refractivity contribution in [3.63, 3.8) is 0 Å². The van der Waals surface area contributed by atoms with Crippen molar-refractivity contribution in [2.24, 2.45) is 0 Å². The van der Waals surface area contributed by atoms with E-state index in [4.69, 9.17) is 4.74 Å². The zero-order chi connectivity index (χ0) is 17.8. The highest BCUT2D eigenvalue weighted by Gasteiger charge is 2.28. The molecule has 9 heteroatoms. The van der Waals surface area contributed by atoms with Crippen LogP contribution in [0.2, 0.25) is 0 Å². The van der Waals surface area contributed by atoms with Crippen LogP contribution < -0.4 is 5.32 Å². The van der Waals surface area contributed by atoms with E-state index in [2.05, 4.69) is 5.32 Å². The normalized spacial score (nSPS) is 18.2. The van der Waals surface area contributed by atoms with Gasteiger partial charge in [-0.1, -0.05) is 0 Å². The van der Waals surface area contributed by atoms with Crippen molar-refractivity contribution in [1.29, 1.82) is 0 Å². The molecule has 2 aliphatic heterocycles. The molecule has 7 nitrogen and oxygen atoms in total. The summed E-state index contributed by atoms with van der Waals surface area (Å²) in [5.41, 5.74) is -0.0711. The number of rotatable bonds is 1. The molecule has 0 aliphatic carbocycles. The molecule has 0 atom stereocenters. The van der Waals surface area contributed by atoms with Gasteiger partial charge < -0.3 is 24.8 Å². The van der Waals surface area contributed by atoms with Crippen molar-refractivity contribution in [2.45, 2.75) is 0 Å². The molecule has 0 radical (unpaired) electrons. The summed E-state index contributed by atoms with van der Waals surface area (Å²) in [6, 6.07) is 2.46. The summed E-state index contributed by atoms with van der Waals surface area (Å²) in [4.78, 5) is 29.5. The minimum Gasteiger partial charge on any atom is -0.378 e. The van der Waals surface area contributed by atoms with Gasteiger partial charge in [-0.05, 0) is 12.1 Å². The zero-order valence-corrected chi connectivity index (χ0v) is 13.7. The van der Waals surface area contributed by atoms with Gasteiger partial charge in [0.15, 0.2) is 0 Å². The largest absolute Gasteiger partial charge is 0.378 e. The second-order valence-corrected chi connectivity index (χ2v) is 5.91.